The lowest BCUT2D eigenvalue weighted by Gasteiger charge is -2.18. The number of allylic oxidation sites excluding steroid dienone is 1. The van der Waals surface area contributed by atoms with E-state index in [9.17, 15) is 0 Å². The van der Waals surface area contributed by atoms with Crippen LogP contribution in [0.15, 0.2) is 89.4 Å². The van der Waals surface area contributed by atoms with Crippen molar-refractivity contribution in [1.29, 1.82) is 0 Å². The molecule has 0 amide bonds. The summed E-state index contributed by atoms with van der Waals surface area (Å²) in [5.74, 6) is 0.359. The van der Waals surface area contributed by atoms with Gasteiger partial charge in [-0.25, -0.2) is 0 Å². The molecule has 4 rings (SSSR count). The fourth-order valence-electron chi connectivity index (χ4n) is 3.66. The molecule has 1 nitrogen and oxygen atoms in total. The second-order valence-electron chi connectivity index (χ2n) is 6.50. The van der Waals surface area contributed by atoms with Crippen molar-refractivity contribution in [2.45, 2.75) is 19.3 Å². The minimum atomic E-state index is 0.359. The van der Waals surface area contributed by atoms with Gasteiger partial charge in [-0.05, 0) is 41.3 Å². The first-order valence-electron chi connectivity index (χ1n) is 8.75. The van der Waals surface area contributed by atoms with Gasteiger partial charge < -0.3 is 0 Å². The first-order valence-corrected chi connectivity index (χ1v) is 8.75. The predicted octanol–water partition coefficient (Wildman–Crippen LogP) is 6.18. The Labute approximate surface area is 149 Å². The molecule has 0 fully saturated rings. The Bertz CT molecular complexity index is 935. The van der Waals surface area contributed by atoms with E-state index in [0.29, 0.717) is 5.92 Å². The molecule has 1 atom stereocenters. The molecule has 3 aromatic carbocycles. The summed E-state index contributed by atoms with van der Waals surface area (Å²) in [7, 11) is 0. The molecule has 0 saturated carbocycles. The third-order valence-corrected chi connectivity index (χ3v) is 4.82. The number of para-hydroxylation sites is 1. The average molecular weight is 323 g/mol. The molecule has 0 saturated heterocycles. The molecule has 0 bridgehead atoms. The number of rotatable bonds is 4. The second kappa shape index (κ2) is 6.90. The third kappa shape index (κ3) is 3.18. The van der Waals surface area contributed by atoms with Crippen LogP contribution < -0.4 is 0 Å². The zero-order chi connectivity index (χ0) is 17.1. The first-order chi connectivity index (χ1) is 12.3. The third-order valence-electron chi connectivity index (χ3n) is 4.82. The number of benzene rings is 3. The Morgan fingerprint density at radius 2 is 1.48 bits per heavy atom. The Hall–Kier alpha value is -2.93. The summed E-state index contributed by atoms with van der Waals surface area (Å²) in [6, 6.07) is 27.6. The zero-order valence-electron chi connectivity index (χ0n) is 14.4. The van der Waals surface area contributed by atoms with Gasteiger partial charge in [-0.15, -0.1) is 0 Å². The molecule has 0 N–H and O–H groups in total. The highest BCUT2D eigenvalue weighted by Crippen LogP contribution is 2.41. The lowest BCUT2D eigenvalue weighted by Crippen LogP contribution is -2.04. The van der Waals surface area contributed by atoms with Gasteiger partial charge in [0, 0.05) is 18.6 Å². The molecule has 0 aliphatic heterocycles. The largest absolute Gasteiger partial charge is 0.261 e. The molecular formula is C24H21N. The van der Waals surface area contributed by atoms with E-state index in [-0.39, 0.29) is 0 Å². The van der Waals surface area contributed by atoms with Crippen LogP contribution in [0.5, 0.6) is 0 Å². The van der Waals surface area contributed by atoms with Gasteiger partial charge >= 0.3 is 0 Å². The maximum atomic E-state index is 4.59. The average Bonchev–Trinajstić information content (AvgIpc) is 2.99. The second-order valence-corrected chi connectivity index (χ2v) is 6.50. The first kappa shape index (κ1) is 15.6. The normalized spacial score (nSPS) is 16.0. The van der Waals surface area contributed by atoms with Gasteiger partial charge in [0.05, 0.1) is 5.69 Å². The molecule has 0 radical (unpaired) electrons. The maximum absolute atomic E-state index is 4.59. The van der Waals surface area contributed by atoms with E-state index >= 15 is 0 Å². The van der Waals surface area contributed by atoms with Gasteiger partial charge in [0.2, 0.25) is 0 Å². The lowest BCUT2D eigenvalue weighted by atomic mass is 9.85. The standard InChI is InChI=1S/C24H21N/c1-18-17-20-10-6-8-14-23(20)24(18)22-13-7-5-9-19(22)15-16-25-21-11-3-2-4-12-21/h2-14,16-17,24H,15H2,1H3. The number of fused-ring (bicyclic) bond motifs is 1. The Morgan fingerprint density at radius 1 is 0.800 bits per heavy atom. The monoisotopic (exact) mass is 323 g/mol. The van der Waals surface area contributed by atoms with Gasteiger partial charge in [-0.2, -0.15) is 0 Å². The molecule has 0 aromatic heterocycles. The van der Waals surface area contributed by atoms with Crippen LogP contribution in [-0.4, -0.2) is 6.21 Å². The maximum Gasteiger partial charge on any atom is 0.0625 e. The topological polar surface area (TPSA) is 12.4 Å². The van der Waals surface area contributed by atoms with Crippen LogP contribution in [0, 0.1) is 0 Å². The Balaban J connectivity index is 1.64. The van der Waals surface area contributed by atoms with Crippen LogP contribution in [0.2, 0.25) is 0 Å². The van der Waals surface area contributed by atoms with Crippen molar-refractivity contribution in [3.8, 4) is 0 Å². The van der Waals surface area contributed by atoms with Crippen molar-refractivity contribution in [2.75, 3.05) is 0 Å². The number of aliphatic imine (C=N–C) groups is 1. The lowest BCUT2D eigenvalue weighted by molar-refractivity contribution is 0.956. The van der Waals surface area contributed by atoms with Gasteiger partial charge in [0.25, 0.3) is 0 Å². The number of hydrogen-bond donors (Lipinski definition) is 0. The van der Waals surface area contributed by atoms with Crippen molar-refractivity contribution >= 4 is 18.0 Å². The summed E-state index contributed by atoms with van der Waals surface area (Å²) in [5.41, 5.74) is 7.90. The summed E-state index contributed by atoms with van der Waals surface area (Å²) < 4.78 is 0. The van der Waals surface area contributed by atoms with E-state index in [4.69, 9.17) is 0 Å². The van der Waals surface area contributed by atoms with Crippen LogP contribution in [0.4, 0.5) is 5.69 Å². The Kier molecular flexibility index (Phi) is 4.30. The summed E-state index contributed by atoms with van der Waals surface area (Å²) in [6.07, 6.45) is 5.18. The predicted molar refractivity (Wildman–Crippen MR) is 107 cm³/mol. The highest BCUT2D eigenvalue weighted by Gasteiger charge is 2.25. The van der Waals surface area contributed by atoms with Crippen molar-refractivity contribution < 1.29 is 0 Å². The van der Waals surface area contributed by atoms with Gasteiger partial charge in [-0.3, -0.25) is 4.99 Å². The summed E-state index contributed by atoms with van der Waals surface area (Å²) in [6.45, 7) is 2.24. The molecule has 1 aliphatic rings. The molecule has 3 aromatic rings. The molecule has 1 unspecified atom stereocenters. The molecule has 25 heavy (non-hydrogen) atoms. The molecule has 1 heteroatoms. The van der Waals surface area contributed by atoms with Crippen molar-refractivity contribution in [1.82, 2.24) is 0 Å². The van der Waals surface area contributed by atoms with E-state index in [0.717, 1.165) is 12.1 Å². The molecule has 0 spiro atoms. The van der Waals surface area contributed by atoms with Crippen LogP contribution in [-0.2, 0) is 6.42 Å². The Morgan fingerprint density at radius 3 is 2.32 bits per heavy atom. The highest BCUT2D eigenvalue weighted by molar-refractivity contribution is 5.71. The van der Waals surface area contributed by atoms with Crippen LogP contribution >= 0.6 is 0 Å². The smallest absolute Gasteiger partial charge is 0.0625 e. The molecule has 0 heterocycles. The van der Waals surface area contributed by atoms with Crippen molar-refractivity contribution in [3.63, 3.8) is 0 Å². The van der Waals surface area contributed by atoms with Crippen LogP contribution in [0.1, 0.15) is 35.1 Å². The van der Waals surface area contributed by atoms with E-state index < -0.39 is 0 Å². The summed E-state index contributed by atoms with van der Waals surface area (Å²) >= 11 is 0. The fraction of sp³-hybridized carbons (Fsp3) is 0.125. The van der Waals surface area contributed by atoms with E-state index in [1.165, 1.54) is 27.8 Å². The van der Waals surface area contributed by atoms with Crippen LogP contribution in [0.3, 0.4) is 0 Å². The van der Waals surface area contributed by atoms with Gasteiger partial charge in [0.15, 0.2) is 0 Å². The van der Waals surface area contributed by atoms with Crippen molar-refractivity contribution in [3.05, 3.63) is 107 Å². The molecule has 1 aliphatic carbocycles. The molecule has 122 valence electrons. The molecular weight excluding hydrogens is 302 g/mol. The van der Waals surface area contributed by atoms with Gasteiger partial charge in [-0.1, -0.05) is 78.4 Å². The van der Waals surface area contributed by atoms with E-state index in [1.807, 2.05) is 36.5 Å². The summed E-state index contributed by atoms with van der Waals surface area (Å²) in [5, 5.41) is 0. The number of nitrogens with zero attached hydrogens (tertiary/aromatic N) is 1. The van der Waals surface area contributed by atoms with E-state index in [1.54, 1.807) is 0 Å². The van der Waals surface area contributed by atoms with E-state index in [2.05, 4.69) is 66.5 Å². The minimum Gasteiger partial charge on any atom is -0.261 e. The minimum absolute atomic E-state index is 0.359. The zero-order valence-corrected chi connectivity index (χ0v) is 14.4. The number of hydrogen-bond acceptors (Lipinski definition) is 1. The fourth-order valence-corrected chi connectivity index (χ4v) is 3.66. The van der Waals surface area contributed by atoms with Crippen LogP contribution in [0.25, 0.3) is 6.08 Å². The SMILES string of the molecule is CC1=Cc2ccccc2C1c1ccccc1CC=Nc1ccccc1. The van der Waals surface area contributed by atoms with Crippen molar-refractivity contribution in [2.24, 2.45) is 4.99 Å². The quantitative estimate of drug-likeness (QED) is 0.508. The van der Waals surface area contributed by atoms with Gasteiger partial charge in [0.1, 0.15) is 0 Å². The highest BCUT2D eigenvalue weighted by atomic mass is 14.7. The summed E-state index contributed by atoms with van der Waals surface area (Å²) in [4.78, 5) is 4.59.